The minimum Gasteiger partial charge on any atom is -0.378 e. The van der Waals surface area contributed by atoms with Crippen molar-refractivity contribution in [1.29, 1.82) is 0 Å². The van der Waals surface area contributed by atoms with Crippen LogP contribution in [0.25, 0.3) is 0 Å². The molecule has 2 aliphatic carbocycles. The first-order valence-corrected chi connectivity index (χ1v) is 10.4. The summed E-state index contributed by atoms with van der Waals surface area (Å²) in [6.45, 7) is 6.16. The fourth-order valence-electron chi connectivity index (χ4n) is 5.19. The number of morpholine rings is 1. The molecule has 2 atom stereocenters. The average molecular weight is 345 g/mol. The molecule has 138 valence electrons. The molecule has 0 amide bonds. The van der Waals surface area contributed by atoms with Crippen LogP contribution in [0.1, 0.15) is 62.3 Å². The number of piperazine rings is 1. The van der Waals surface area contributed by atoms with Crippen molar-refractivity contribution in [2.75, 3.05) is 32.8 Å². The summed E-state index contributed by atoms with van der Waals surface area (Å²) in [5, 5.41) is 4.39. The summed E-state index contributed by atoms with van der Waals surface area (Å²) in [6, 6.07) is 3.48. The van der Waals surface area contributed by atoms with E-state index in [4.69, 9.17) is 9.26 Å². The maximum absolute atomic E-state index is 5.93. The van der Waals surface area contributed by atoms with Gasteiger partial charge in [0.15, 0.2) is 5.76 Å². The van der Waals surface area contributed by atoms with Gasteiger partial charge in [-0.1, -0.05) is 24.4 Å². The lowest BCUT2D eigenvalue weighted by molar-refractivity contribution is -0.0887. The Morgan fingerprint density at radius 3 is 2.76 bits per heavy atom. The van der Waals surface area contributed by atoms with E-state index < -0.39 is 0 Å². The van der Waals surface area contributed by atoms with Crippen LogP contribution in [0.3, 0.4) is 0 Å². The summed E-state index contributed by atoms with van der Waals surface area (Å²) < 4.78 is 11.6. The van der Waals surface area contributed by atoms with E-state index in [2.05, 4.69) is 21.0 Å². The number of rotatable bonds is 4. The molecule has 4 fully saturated rings. The van der Waals surface area contributed by atoms with E-state index in [1.54, 1.807) is 0 Å². The van der Waals surface area contributed by atoms with Gasteiger partial charge in [0.1, 0.15) is 0 Å². The van der Waals surface area contributed by atoms with Crippen LogP contribution < -0.4 is 0 Å². The van der Waals surface area contributed by atoms with Crippen molar-refractivity contribution in [2.45, 2.75) is 69.5 Å². The zero-order valence-electron chi connectivity index (χ0n) is 15.2. The van der Waals surface area contributed by atoms with Gasteiger partial charge >= 0.3 is 0 Å². The van der Waals surface area contributed by atoms with E-state index >= 15 is 0 Å². The van der Waals surface area contributed by atoms with Crippen molar-refractivity contribution in [1.82, 2.24) is 15.0 Å². The van der Waals surface area contributed by atoms with E-state index in [9.17, 15) is 0 Å². The van der Waals surface area contributed by atoms with Crippen LogP contribution in [-0.4, -0.2) is 59.9 Å². The highest BCUT2D eigenvalue weighted by atomic mass is 16.5. The van der Waals surface area contributed by atoms with Crippen molar-refractivity contribution in [3.63, 3.8) is 0 Å². The van der Waals surface area contributed by atoms with E-state index in [0.29, 0.717) is 18.0 Å². The van der Waals surface area contributed by atoms with E-state index in [1.165, 1.54) is 57.2 Å². The van der Waals surface area contributed by atoms with Crippen molar-refractivity contribution < 1.29 is 9.26 Å². The van der Waals surface area contributed by atoms with Crippen LogP contribution in [0.5, 0.6) is 0 Å². The molecule has 2 saturated heterocycles. The van der Waals surface area contributed by atoms with Crippen LogP contribution in [0.2, 0.25) is 0 Å². The molecule has 0 radical (unpaired) electrons. The number of hydrogen-bond acceptors (Lipinski definition) is 5. The second-order valence-electron chi connectivity index (χ2n) is 8.62. The maximum Gasteiger partial charge on any atom is 0.150 e. The molecule has 0 N–H and O–H groups in total. The van der Waals surface area contributed by atoms with Crippen LogP contribution in [0, 0.1) is 5.92 Å². The lowest BCUT2D eigenvalue weighted by Gasteiger charge is -2.48. The number of hydrogen-bond donors (Lipinski definition) is 0. The molecule has 2 aliphatic heterocycles. The topological polar surface area (TPSA) is 41.7 Å². The van der Waals surface area contributed by atoms with E-state index in [1.807, 2.05) is 0 Å². The highest BCUT2D eigenvalue weighted by Gasteiger charge is 2.42. The molecular weight excluding hydrogens is 314 g/mol. The van der Waals surface area contributed by atoms with Crippen molar-refractivity contribution in [2.24, 2.45) is 5.92 Å². The second kappa shape index (κ2) is 7.01. The first-order chi connectivity index (χ1) is 12.4. The summed E-state index contributed by atoms with van der Waals surface area (Å²) in [7, 11) is 0. The molecule has 2 saturated carbocycles. The SMILES string of the molecule is c1c(C2CCCCC2)noc1CN1CCN2[C@@H](COC[C@@H]2C2CC2)C1. The standard InChI is InChI=1S/C20H31N3O2/c1-2-4-15(5-3-1)19-10-18(25-21-19)12-22-8-9-23-17(11-22)13-24-14-20(23)16-6-7-16/h10,15-17,20H,1-9,11-14H2/t17-,20-/m1/s1. The van der Waals surface area contributed by atoms with Gasteiger partial charge in [-0.05, 0) is 31.6 Å². The first-order valence-electron chi connectivity index (χ1n) is 10.4. The largest absolute Gasteiger partial charge is 0.378 e. The third-order valence-electron chi connectivity index (χ3n) is 6.78. The van der Waals surface area contributed by atoms with Crippen LogP contribution >= 0.6 is 0 Å². The lowest BCUT2D eigenvalue weighted by atomic mass is 9.87. The molecule has 1 aromatic heterocycles. The normalized spacial score (nSPS) is 32.6. The van der Waals surface area contributed by atoms with Gasteiger partial charge in [0, 0.05) is 43.7 Å². The Hall–Kier alpha value is -0.910. The Labute approximate surface area is 150 Å². The Bertz CT molecular complexity index is 579. The second-order valence-corrected chi connectivity index (χ2v) is 8.62. The van der Waals surface area contributed by atoms with Gasteiger partial charge in [0.05, 0.1) is 25.5 Å². The van der Waals surface area contributed by atoms with Gasteiger partial charge in [-0.25, -0.2) is 0 Å². The van der Waals surface area contributed by atoms with Gasteiger partial charge in [-0.3, -0.25) is 9.80 Å². The van der Waals surface area contributed by atoms with Gasteiger partial charge in [0.25, 0.3) is 0 Å². The summed E-state index contributed by atoms with van der Waals surface area (Å²) in [4.78, 5) is 5.27. The fourth-order valence-corrected chi connectivity index (χ4v) is 5.19. The third kappa shape index (κ3) is 3.51. The Balaban J connectivity index is 1.19. The third-order valence-corrected chi connectivity index (χ3v) is 6.78. The minimum atomic E-state index is 0.564. The highest BCUT2D eigenvalue weighted by molar-refractivity contribution is 5.11. The molecule has 3 heterocycles. The molecule has 1 aromatic rings. The Kier molecular flexibility index (Phi) is 4.56. The predicted octanol–water partition coefficient (Wildman–Crippen LogP) is 3.02. The summed E-state index contributed by atoms with van der Waals surface area (Å²) >= 11 is 0. The van der Waals surface area contributed by atoms with Crippen LogP contribution in [0.4, 0.5) is 0 Å². The van der Waals surface area contributed by atoms with Crippen LogP contribution in [-0.2, 0) is 11.3 Å². The maximum atomic E-state index is 5.93. The molecule has 25 heavy (non-hydrogen) atoms. The Morgan fingerprint density at radius 2 is 1.92 bits per heavy atom. The van der Waals surface area contributed by atoms with Crippen LogP contribution in [0.15, 0.2) is 10.6 Å². The molecule has 0 unspecified atom stereocenters. The number of fused-ring (bicyclic) bond motifs is 1. The zero-order chi connectivity index (χ0) is 16.6. The van der Waals surface area contributed by atoms with E-state index in [0.717, 1.165) is 44.5 Å². The van der Waals surface area contributed by atoms with Gasteiger partial charge < -0.3 is 9.26 Å². The molecule has 4 aliphatic rings. The lowest BCUT2D eigenvalue weighted by Crippen LogP contribution is -2.62. The molecular formula is C20H31N3O2. The van der Waals surface area contributed by atoms with E-state index in [-0.39, 0.29) is 0 Å². The van der Waals surface area contributed by atoms with Gasteiger partial charge in [-0.15, -0.1) is 0 Å². The molecule has 5 heteroatoms. The van der Waals surface area contributed by atoms with Crippen molar-refractivity contribution in [3.05, 3.63) is 17.5 Å². The summed E-state index contributed by atoms with van der Waals surface area (Å²) in [6.07, 6.45) is 9.46. The van der Waals surface area contributed by atoms with Crippen molar-refractivity contribution >= 4 is 0 Å². The molecule has 0 spiro atoms. The average Bonchev–Trinajstić information content (AvgIpc) is 3.41. The smallest absolute Gasteiger partial charge is 0.150 e. The number of nitrogens with zero attached hydrogens (tertiary/aromatic N) is 3. The summed E-state index contributed by atoms with van der Waals surface area (Å²) in [5.74, 6) is 2.58. The number of aromatic nitrogens is 1. The quantitative estimate of drug-likeness (QED) is 0.839. The zero-order valence-corrected chi connectivity index (χ0v) is 15.2. The molecule has 0 bridgehead atoms. The predicted molar refractivity (Wildman–Crippen MR) is 95.4 cm³/mol. The molecule has 5 rings (SSSR count). The molecule has 5 nitrogen and oxygen atoms in total. The Morgan fingerprint density at radius 1 is 1.04 bits per heavy atom. The monoisotopic (exact) mass is 345 g/mol. The highest BCUT2D eigenvalue weighted by Crippen LogP contribution is 2.38. The number of ether oxygens (including phenoxy) is 1. The molecule has 0 aromatic carbocycles. The minimum absolute atomic E-state index is 0.564. The van der Waals surface area contributed by atoms with Gasteiger partial charge in [0.2, 0.25) is 0 Å². The van der Waals surface area contributed by atoms with Gasteiger partial charge in [-0.2, -0.15) is 0 Å². The summed E-state index contributed by atoms with van der Waals surface area (Å²) in [5.41, 5.74) is 1.20. The first kappa shape index (κ1) is 16.3. The van der Waals surface area contributed by atoms with Crippen molar-refractivity contribution in [3.8, 4) is 0 Å². The fraction of sp³-hybridized carbons (Fsp3) is 0.850.